The number of anilines is 1. The molecule has 2 rings (SSSR count). The smallest absolute Gasteiger partial charge is 0.162 e. The zero-order valence-electron chi connectivity index (χ0n) is 9.87. The van der Waals surface area contributed by atoms with Gasteiger partial charge in [0.2, 0.25) is 0 Å². The molecule has 1 N–H and O–H groups in total. The summed E-state index contributed by atoms with van der Waals surface area (Å²) >= 11 is 0. The Balaban J connectivity index is 2.46. The molecule has 0 fully saturated rings. The fourth-order valence-electron chi connectivity index (χ4n) is 2.05. The maximum Gasteiger partial charge on any atom is 0.162 e. The second kappa shape index (κ2) is 4.61. The van der Waals surface area contributed by atoms with Gasteiger partial charge < -0.3 is 19.5 Å². The van der Waals surface area contributed by atoms with Crippen molar-refractivity contribution in [1.29, 1.82) is 0 Å². The molecule has 0 spiro atoms. The summed E-state index contributed by atoms with van der Waals surface area (Å²) in [5, 5.41) is 3.34. The third-order valence-corrected chi connectivity index (χ3v) is 2.91. The molecule has 0 aliphatic carbocycles. The number of rotatable bonds is 3. The predicted octanol–water partition coefficient (Wildman–Crippen LogP) is 2.21. The first kappa shape index (κ1) is 11.1. The van der Waals surface area contributed by atoms with Crippen molar-refractivity contribution in [1.82, 2.24) is 0 Å². The third kappa shape index (κ3) is 1.80. The van der Waals surface area contributed by atoms with Crippen LogP contribution in [0.3, 0.4) is 0 Å². The van der Waals surface area contributed by atoms with Crippen molar-refractivity contribution in [2.75, 3.05) is 33.2 Å². The van der Waals surface area contributed by atoms with Gasteiger partial charge in [-0.1, -0.05) is 0 Å². The van der Waals surface area contributed by atoms with E-state index in [0.717, 1.165) is 35.7 Å². The molecule has 1 unspecified atom stereocenters. The van der Waals surface area contributed by atoms with Gasteiger partial charge in [-0.3, -0.25) is 0 Å². The Kier molecular flexibility index (Phi) is 3.19. The average Bonchev–Trinajstić information content (AvgIpc) is 2.36. The predicted molar refractivity (Wildman–Crippen MR) is 62.4 cm³/mol. The molecular weight excluding hydrogens is 206 g/mol. The van der Waals surface area contributed by atoms with Crippen molar-refractivity contribution in [3.8, 4) is 11.5 Å². The number of ether oxygens (including phenoxy) is 3. The van der Waals surface area contributed by atoms with Crippen LogP contribution in [0.4, 0.5) is 5.69 Å². The summed E-state index contributed by atoms with van der Waals surface area (Å²) < 4.78 is 16.0. The van der Waals surface area contributed by atoms with Gasteiger partial charge in [-0.05, 0) is 12.5 Å². The lowest BCUT2D eigenvalue weighted by Gasteiger charge is -2.26. The molecule has 0 radical (unpaired) electrons. The van der Waals surface area contributed by atoms with E-state index in [9.17, 15) is 0 Å². The SMILES string of the molecule is COc1cc2c(cc1OC)C(OC)CCN2. The Hall–Kier alpha value is -1.42. The monoisotopic (exact) mass is 223 g/mol. The molecule has 4 heteroatoms. The second-order valence-electron chi connectivity index (χ2n) is 3.73. The van der Waals surface area contributed by atoms with E-state index < -0.39 is 0 Å². The molecule has 1 aliphatic rings. The summed E-state index contributed by atoms with van der Waals surface area (Å²) in [5.41, 5.74) is 2.20. The molecule has 16 heavy (non-hydrogen) atoms. The molecule has 0 saturated heterocycles. The first-order chi connectivity index (χ1) is 7.80. The van der Waals surface area contributed by atoms with E-state index in [4.69, 9.17) is 14.2 Å². The first-order valence-electron chi connectivity index (χ1n) is 5.32. The van der Waals surface area contributed by atoms with Crippen molar-refractivity contribution in [2.45, 2.75) is 12.5 Å². The van der Waals surface area contributed by atoms with Crippen molar-refractivity contribution >= 4 is 5.69 Å². The van der Waals surface area contributed by atoms with Crippen molar-refractivity contribution in [3.63, 3.8) is 0 Å². The quantitative estimate of drug-likeness (QED) is 0.852. The maximum absolute atomic E-state index is 5.45. The fraction of sp³-hybridized carbons (Fsp3) is 0.500. The molecule has 88 valence electrons. The van der Waals surface area contributed by atoms with E-state index >= 15 is 0 Å². The van der Waals surface area contributed by atoms with Gasteiger partial charge in [0.05, 0.1) is 20.3 Å². The standard InChI is InChI=1S/C12H17NO3/c1-14-10-4-5-13-9-7-12(16-3)11(15-2)6-8(9)10/h6-7,10,13H,4-5H2,1-3H3. The van der Waals surface area contributed by atoms with E-state index in [2.05, 4.69) is 5.32 Å². The lowest BCUT2D eigenvalue weighted by atomic mass is 9.99. The van der Waals surface area contributed by atoms with Crippen LogP contribution in [0.15, 0.2) is 12.1 Å². The molecular formula is C12H17NO3. The van der Waals surface area contributed by atoms with Gasteiger partial charge in [0.1, 0.15) is 0 Å². The van der Waals surface area contributed by atoms with Crippen LogP contribution in [0.25, 0.3) is 0 Å². The Morgan fingerprint density at radius 1 is 1.12 bits per heavy atom. The molecule has 1 aliphatic heterocycles. The summed E-state index contributed by atoms with van der Waals surface area (Å²) in [6, 6.07) is 3.94. The van der Waals surface area contributed by atoms with Crippen LogP contribution in [-0.2, 0) is 4.74 Å². The summed E-state index contributed by atoms with van der Waals surface area (Å²) in [6.07, 6.45) is 1.11. The minimum atomic E-state index is 0.135. The van der Waals surface area contributed by atoms with Gasteiger partial charge in [0.15, 0.2) is 11.5 Å². The van der Waals surface area contributed by atoms with Crippen LogP contribution in [0.2, 0.25) is 0 Å². The minimum Gasteiger partial charge on any atom is -0.493 e. The van der Waals surface area contributed by atoms with Crippen LogP contribution in [0, 0.1) is 0 Å². The highest BCUT2D eigenvalue weighted by molar-refractivity contribution is 5.62. The highest BCUT2D eigenvalue weighted by Gasteiger charge is 2.22. The lowest BCUT2D eigenvalue weighted by molar-refractivity contribution is 0.0962. The topological polar surface area (TPSA) is 39.7 Å². The van der Waals surface area contributed by atoms with E-state index in [1.807, 2.05) is 12.1 Å². The zero-order valence-corrected chi connectivity index (χ0v) is 9.87. The minimum absolute atomic E-state index is 0.135. The van der Waals surface area contributed by atoms with E-state index in [1.54, 1.807) is 21.3 Å². The fourth-order valence-corrected chi connectivity index (χ4v) is 2.05. The van der Waals surface area contributed by atoms with E-state index in [1.165, 1.54) is 0 Å². The molecule has 1 heterocycles. The lowest BCUT2D eigenvalue weighted by Crippen LogP contribution is -2.18. The van der Waals surface area contributed by atoms with Gasteiger partial charge in [0, 0.05) is 31.0 Å². The Bertz CT molecular complexity index is 379. The molecule has 0 aromatic heterocycles. The molecule has 0 saturated carbocycles. The van der Waals surface area contributed by atoms with Gasteiger partial charge in [-0.15, -0.1) is 0 Å². The molecule has 4 nitrogen and oxygen atoms in total. The molecule has 1 aromatic carbocycles. The number of fused-ring (bicyclic) bond motifs is 1. The molecule has 0 amide bonds. The first-order valence-corrected chi connectivity index (χ1v) is 5.32. The third-order valence-electron chi connectivity index (χ3n) is 2.91. The number of methoxy groups -OCH3 is 3. The number of nitrogens with one attached hydrogen (secondary N) is 1. The van der Waals surface area contributed by atoms with Crippen molar-refractivity contribution in [2.24, 2.45) is 0 Å². The van der Waals surface area contributed by atoms with Crippen molar-refractivity contribution in [3.05, 3.63) is 17.7 Å². The van der Waals surface area contributed by atoms with Crippen LogP contribution >= 0.6 is 0 Å². The van der Waals surface area contributed by atoms with Crippen LogP contribution in [0.5, 0.6) is 11.5 Å². The number of benzene rings is 1. The van der Waals surface area contributed by atoms with Gasteiger partial charge >= 0.3 is 0 Å². The number of hydrogen-bond acceptors (Lipinski definition) is 4. The Morgan fingerprint density at radius 2 is 1.81 bits per heavy atom. The molecule has 1 aromatic rings. The van der Waals surface area contributed by atoms with E-state index in [0.29, 0.717) is 0 Å². The van der Waals surface area contributed by atoms with Crippen LogP contribution in [-0.4, -0.2) is 27.9 Å². The Labute approximate surface area is 95.5 Å². The average molecular weight is 223 g/mol. The van der Waals surface area contributed by atoms with E-state index in [-0.39, 0.29) is 6.10 Å². The highest BCUT2D eigenvalue weighted by Crippen LogP contribution is 2.40. The van der Waals surface area contributed by atoms with Gasteiger partial charge in [-0.2, -0.15) is 0 Å². The molecule has 0 bridgehead atoms. The van der Waals surface area contributed by atoms with Gasteiger partial charge in [-0.25, -0.2) is 0 Å². The maximum atomic E-state index is 5.45. The largest absolute Gasteiger partial charge is 0.493 e. The highest BCUT2D eigenvalue weighted by atomic mass is 16.5. The summed E-state index contributed by atoms with van der Waals surface area (Å²) in [7, 11) is 5.01. The molecule has 1 atom stereocenters. The summed E-state index contributed by atoms with van der Waals surface area (Å²) in [5.74, 6) is 1.48. The normalized spacial score (nSPS) is 18.6. The number of hydrogen-bond donors (Lipinski definition) is 1. The van der Waals surface area contributed by atoms with Crippen molar-refractivity contribution < 1.29 is 14.2 Å². The second-order valence-corrected chi connectivity index (χ2v) is 3.73. The van der Waals surface area contributed by atoms with Crippen LogP contribution < -0.4 is 14.8 Å². The van der Waals surface area contributed by atoms with Gasteiger partial charge in [0.25, 0.3) is 0 Å². The van der Waals surface area contributed by atoms with Crippen LogP contribution in [0.1, 0.15) is 18.1 Å². The Morgan fingerprint density at radius 3 is 2.44 bits per heavy atom. The summed E-state index contributed by atoms with van der Waals surface area (Å²) in [4.78, 5) is 0. The summed E-state index contributed by atoms with van der Waals surface area (Å²) in [6.45, 7) is 0.918. The zero-order chi connectivity index (χ0) is 11.5.